The van der Waals surface area contributed by atoms with Gasteiger partial charge in [-0.3, -0.25) is 14.3 Å². The van der Waals surface area contributed by atoms with Gasteiger partial charge in [0, 0.05) is 19.3 Å². The fraction of sp³-hybridized carbons (Fsp3) is 0.500. The minimum atomic E-state index is -0.344. The van der Waals surface area contributed by atoms with E-state index < -0.39 is 0 Å². The third kappa shape index (κ3) is 2.82. The second-order valence-corrected chi connectivity index (χ2v) is 3.35. The summed E-state index contributed by atoms with van der Waals surface area (Å²) in [5.41, 5.74) is 1.31. The molecule has 0 radical (unpaired) electrons. The molecule has 1 rings (SSSR count). The maximum Gasteiger partial charge on any atom is 0.307 e. The van der Waals surface area contributed by atoms with Crippen LogP contribution in [-0.2, 0) is 16.6 Å². The Kier molecular flexibility index (Phi) is 4.04. The van der Waals surface area contributed by atoms with Crippen molar-refractivity contribution in [2.75, 3.05) is 13.7 Å². The van der Waals surface area contributed by atoms with Crippen LogP contribution < -0.4 is 5.32 Å². The highest BCUT2D eigenvalue weighted by molar-refractivity contribution is 5.95. The quantitative estimate of drug-likeness (QED) is 0.733. The molecule has 0 unspecified atom stereocenters. The van der Waals surface area contributed by atoms with E-state index in [4.69, 9.17) is 0 Å². The molecule has 0 aliphatic rings. The zero-order valence-corrected chi connectivity index (χ0v) is 9.61. The molecule has 0 bridgehead atoms. The monoisotopic (exact) mass is 225 g/mol. The summed E-state index contributed by atoms with van der Waals surface area (Å²) >= 11 is 0. The molecule has 1 N–H and O–H groups in total. The maximum atomic E-state index is 11.6. The first kappa shape index (κ1) is 12.2. The highest BCUT2D eigenvalue weighted by Crippen LogP contribution is 2.04. The molecule has 1 amide bonds. The summed E-state index contributed by atoms with van der Waals surface area (Å²) in [6, 6.07) is 0. The molecule has 6 heteroatoms. The van der Waals surface area contributed by atoms with Crippen molar-refractivity contribution >= 4 is 11.9 Å². The normalized spacial score (nSPS) is 9.94. The highest BCUT2D eigenvalue weighted by Gasteiger charge is 2.12. The van der Waals surface area contributed by atoms with E-state index in [2.05, 4.69) is 15.2 Å². The molecule has 0 fully saturated rings. The predicted octanol–water partition coefficient (Wildman–Crippen LogP) is 0.0214. The van der Waals surface area contributed by atoms with Gasteiger partial charge in [0.05, 0.1) is 25.3 Å². The van der Waals surface area contributed by atoms with Crippen LogP contribution in [0.2, 0.25) is 0 Å². The highest BCUT2D eigenvalue weighted by atomic mass is 16.5. The molecule has 88 valence electrons. The number of aryl methyl sites for hydroxylation is 1. The molecular weight excluding hydrogens is 210 g/mol. The van der Waals surface area contributed by atoms with Gasteiger partial charge in [0.2, 0.25) is 0 Å². The lowest BCUT2D eigenvalue weighted by molar-refractivity contribution is -0.140. The van der Waals surface area contributed by atoms with Crippen molar-refractivity contribution in [3.8, 4) is 0 Å². The largest absolute Gasteiger partial charge is 0.469 e. The molecular formula is C10H15N3O3. The number of carbonyl (C=O) groups is 2. The lowest BCUT2D eigenvalue weighted by Crippen LogP contribution is -2.26. The predicted molar refractivity (Wildman–Crippen MR) is 56.9 cm³/mol. The number of nitrogens with zero attached hydrogens (tertiary/aromatic N) is 2. The van der Waals surface area contributed by atoms with Crippen molar-refractivity contribution in [2.24, 2.45) is 7.05 Å². The summed E-state index contributed by atoms with van der Waals surface area (Å²) in [7, 11) is 3.08. The molecule has 0 aliphatic heterocycles. The van der Waals surface area contributed by atoms with Gasteiger partial charge in [-0.15, -0.1) is 0 Å². The first-order chi connectivity index (χ1) is 7.56. The minimum absolute atomic E-state index is 0.168. The summed E-state index contributed by atoms with van der Waals surface area (Å²) in [6.07, 6.45) is 1.67. The molecule has 1 heterocycles. The molecule has 0 saturated heterocycles. The molecule has 1 aromatic rings. The molecule has 16 heavy (non-hydrogen) atoms. The van der Waals surface area contributed by atoms with Crippen LogP contribution in [0.3, 0.4) is 0 Å². The van der Waals surface area contributed by atoms with Gasteiger partial charge in [-0.05, 0) is 6.92 Å². The Balaban J connectivity index is 2.47. The fourth-order valence-electron chi connectivity index (χ4n) is 1.20. The lowest BCUT2D eigenvalue weighted by Gasteiger charge is -2.03. The Morgan fingerprint density at radius 3 is 2.75 bits per heavy atom. The van der Waals surface area contributed by atoms with Crippen LogP contribution in [0.1, 0.15) is 22.5 Å². The number of nitrogens with one attached hydrogen (secondary N) is 1. The third-order valence-electron chi connectivity index (χ3n) is 2.32. The molecule has 0 saturated carbocycles. The average Bonchev–Trinajstić information content (AvgIpc) is 2.59. The van der Waals surface area contributed by atoms with Gasteiger partial charge in [0.1, 0.15) is 0 Å². The summed E-state index contributed by atoms with van der Waals surface area (Å²) in [5, 5.41) is 6.59. The van der Waals surface area contributed by atoms with Crippen molar-refractivity contribution < 1.29 is 14.3 Å². The Morgan fingerprint density at radius 2 is 2.25 bits per heavy atom. The van der Waals surface area contributed by atoms with Gasteiger partial charge >= 0.3 is 5.97 Å². The van der Waals surface area contributed by atoms with Crippen molar-refractivity contribution in [2.45, 2.75) is 13.3 Å². The van der Waals surface area contributed by atoms with E-state index in [1.165, 1.54) is 13.3 Å². The third-order valence-corrected chi connectivity index (χ3v) is 2.32. The first-order valence-corrected chi connectivity index (χ1v) is 4.90. The number of methoxy groups -OCH3 is 1. The van der Waals surface area contributed by atoms with Crippen LogP contribution in [0, 0.1) is 6.92 Å². The molecule has 0 spiro atoms. The minimum Gasteiger partial charge on any atom is -0.469 e. The number of amides is 1. The number of esters is 1. The average molecular weight is 225 g/mol. The number of hydrogen-bond donors (Lipinski definition) is 1. The molecule has 6 nitrogen and oxygen atoms in total. The van der Waals surface area contributed by atoms with E-state index in [1.807, 2.05) is 6.92 Å². The van der Waals surface area contributed by atoms with Gasteiger partial charge in [-0.2, -0.15) is 5.10 Å². The number of rotatable bonds is 4. The van der Waals surface area contributed by atoms with E-state index in [0.717, 1.165) is 5.69 Å². The van der Waals surface area contributed by atoms with Crippen LogP contribution in [-0.4, -0.2) is 35.3 Å². The zero-order valence-electron chi connectivity index (χ0n) is 9.61. The van der Waals surface area contributed by atoms with Gasteiger partial charge in [-0.25, -0.2) is 0 Å². The molecule has 1 aromatic heterocycles. The van der Waals surface area contributed by atoms with Crippen LogP contribution in [0.25, 0.3) is 0 Å². The number of hydrogen-bond acceptors (Lipinski definition) is 4. The topological polar surface area (TPSA) is 73.2 Å². The van der Waals surface area contributed by atoms with E-state index in [0.29, 0.717) is 5.56 Å². The number of aromatic nitrogens is 2. The molecule has 0 aliphatic carbocycles. The Labute approximate surface area is 93.6 Å². The Hall–Kier alpha value is -1.85. The van der Waals surface area contributed by atoms with Crippen LogP contribution in [0.15, 0.2) is 6.20 Å². The van der Waals surface area contributed by atoms with Crippen molar-refractivity contribution in [3.63, 3.8) is 0 Å². The SMILES string of the molecule is COC(=O)CCNC(=O)c1cnn(C)c1C. The lowest BCUT2D eigenvalue weighted by atomic mass is 10.2. The van der Waals surface area contributed by atoms with E-state index in [1.54, 1.807) is 11.7 Å². The van der Waals surface area contributed by atoms with Gasteiger partial charge < -0.3 is 10.1 Å². The summed E-state index contributed by atoms with van der Waals surface area (Å²) in [4.78, 5) is 22.4. The van der Waals surface area contributed by atoms with Gasteiger partial charge in [0.25, 0.3) is 5.91 Å². The standard InChI is InChI=1S/C10H15N3O3/c1-7-8(6-12-13(7)2)10(15)11-5-4-9(14)16-3/h6H,4-5H2,1-3H3,(H,11,15). The van der Waals surface area contributed by atoms with Crippen LogP contribution in [0.5, 0.6) is 0 Å². The van der Waals surface area contributed by atoms with E-state index in [-0.39, 0.29) is 24.8 Å². The molecule has 0 atom stereocenters. The van der Waals surface area contributed by atoms with Gasteiger partial charge in [-0.1, -0.05) is 0 Å². The summed E-state index contributed by atoms with van der Waals surface area (Å²) in [6.45, 7) is 2.07. The fourth-order valence-corrected chi connectivity index (χ4v) is 1.20. The maximum absolute atomic E-state index is 11.6. The van der Waals surface area contributed by atoms with Crippen LogP contribution in [0.4, 0.5) is 0 Å². The second kappa shape index (κ2) is 5.29. The van der Waals surface area contributed by atoms with Crippen molar-refractivity contribution in [1.29, 1.82) is 0 Å². The summed E-state index contributed by atoms with van der Waals surface area (Å²) in [5.74, 6) is -0.572. The van der Waals surface area contributed by atoms with Crippen LogP contribution >= 0.6 is 0 Å². The van der Waals surface area contributed by atoms with E-state index in [9.17, 15) is 9.59 Å². The number of carbonyl (C=O) groups excluding carboxylic acids is 2. The summed E-state index contributed by atoms with van der Waals surface area (Å²) < 4.78 is 6.08. The van der Waals surface area contributed by atoms with E-state index >= 15 is 0 Å². The first-order valence-electron chi connectivity index (χ1n) is 4.90. The number of ether oxygens (including phenoxy) is 1. The van der Waals surface area contributed by atoms with Crippen molar-refractivity contribution in [1.82, 2.24) is 15.1 Å². The second-order valence-electron chi connectivity index (χ2n) is 3.35. The van der Waals surface area contributed by atoms with Gasteiger partial charge in [0.15, 0.2) is 0 Å². The Bertz CT molecular complexity index is 398. The zero-order chi connectivity index (χ0) is 12.1. The smallest absolute Gasteiger partial charge is 0.307 e. The molecule has 0 aromatic carbocycles. The van der Waals surface area contributed by atoms with Crippen molar-refractivity contribution in [3.05, 3.63) is 17.5 Å². The Morgan fingerprint density at radius 1 is 1.56 bits per heavy atom.